The molecule has 0 spiro atoms. The van der Waals surface area contributed by atoms with Crippen LogP contribution in [0.25, 0.3) is 0 Å². The van der Waals surface area contributed by atoms with E-state index in [-0.39, 0.29) is 27.9 Å². The van der Waals surface area contributed by atoms with Gasteiger partial charge < -0.3 is 4.74 Å². The second-order valence-corrected chi connectivity index (χ2v) is 7.15. The Kier molecular flexibility index (Phi) is 4.69. The summed E-state index contributed by atoms with van der Waals surface area (Å²) < 4.78 is 45.4. The van der Waals surface area contributed by atoms with E-state index in [1.54, 1.807) is 0 Å². The van der Waals surface area contributed by atoms with Crippen molar-refractivity contribution < 1.29 is 17.5 Å². The highest BCUT2D eigenvalue weighted by atomic mass is 35.5. The molecule has 1 fully saturated rings. The Balaban J connectivity index is 2.41. The van der Waals surface area contributed by atoms with E-state index >= 15 is 0 Å². The zero-order chi connectivity index (χ0) is 14.9. The predicted octanol–water partition coefficient (Wildman–Crippen LogP) is 2.28. The molecule has 1 aliphatic rings. The first kappa shape index (κ1) is 15.7. The van der Waals surface area contributed by atoms with Crippen LogP contribution in [0, 0.1) is 12.7 Å². The molecule has 1 unspecified atom stereocenters. The summed E-state index contributed by atoms with van der Waals surface area (Å²) in [7, 11) is -2.14. The number of likely N-dealkylation sites (N-methyl/N-ethyl adjacent to an activating group) is 1. The van der Waals surface area contributed by atoms with Crippen molar-refractivity contribution in [1.82, 2.24) is 4.31 Å². The summed E-state index contributed by atoms with van der Waals surface area (Å²) >= 11 is 5.66. The van der Waals surface area contributed by atoms with Crippen LogP contribution >= 0.6 is 11.6 Å². The van der Waals surface area contributed by atoms with Gasteiger partial charge in [0.1, 0.15) is 5.82 Å². The van der Waals surface area contributed by atoms with Gasteiger partial charge in [0.15, 0.2) is 0 Å². The van der Waals surface area contributed by atoms with Gasteiger partial charge in [0, 0.05) is 19.2 Å². The molecule has 0 amide bonds. The summed E-state index contributed by atoms with van der Waals surface area (Å²) in [4.78, 5) is 0.0708. The van der Waals surface area contributed by atoms with Crippen molar-refractivity contribution in [2.24, 2.45) is 0 Å². The van der Waals surface area contributed by atoms with Crippen LogP contribution in [-0.2, 0) is 20.6 Å². The van der Waals surface area contributed by atoms with Gasteiger partial charge in [-0.3, -0.25) is 0 Å². The van der Waals surface area contributed by atoms with Gasteiger partial charge in [-0.1, -0.05) is 0 Å². The second-order valence-electron chi connectivity index (χ2n) is 4.89. The van der Waals surface area contributed by atoms with E-state index in [2.05, 4.69) is 0 Å². The number of benzene rings is 1. The number of ether oxygens (including phenoxy) is 1. The second kappa shape index (κ2) is 5.97. The molecule has 7 heteroatoms. The molecule has 0 aromatic heterocycles. The highest BCUT2D eigenvalue weighted by Gasteiger charge is 2.31. The Morgan fingerprint density at radius 1 is 1.50 bits per heavy atom. The van der Waals surface area contributed by atoms with E-state index in [1.165, 1.54) is 30.4 Å². The number of aryl methyl sites for hydroxylation is 1. The highest BCUT2D eigenvalue weighted by Crippen LogP contribution is 2.25. The molecule has 1 saturated heterocycles. The fraction of sp³-hybridized carbons (Fsp3) is 0.538. The number of hydrogen-bond acceptors (Lipinski definition) is 3. The molecule has 20 heavy (non-hydrogen) atoms. The van der Waals surface area contributed by atoms with Crippen molar-refractivity contribution in [2.45, 2.75) is 30.2 Å². The Morgan fingerprint density at radius 3 is 2.75 bits per heavy atom. The SMILES string of the molecule is Cc1cc(S(=O)(=O)N(C)C2CCOC2)cc(CCl)c1F. The molecule has 1 heterocycles. The zero-order valence-electron chi connectivity index (χ0n) is 11.4. The molecule has 1 aromatic rings. The van der Waals surface area contributed by atoms with Gasteiger partial charge in [-0.15, -0.1) is 11.6 Å². The lowest BCUT2D eigenvalue weighted by atomic mass is 10.1. The maximum absolute atomic E-state index is 13.8. The van der Waals surface area contributed by atoms with E-state index in [4.69, 9.17) is 16.3 Å². The molecule has 2 rings (SSSR count). The number of hydrogen-bond donors (Lipinski definition) is 0. The fourth-order valence-electron chi connectivity index (χ4n) is 2.22. The van der Waals surface area contributed by atoms with Crippen LogP contribution in [0.3, 0.4) is 0 Å². The molecule has 1 atom stereocenters. The Labute approximate surface area is 123 Å². The van der Waals surface area contributed by atoms with Crippen LogP contribution in [0.1, 0.15) is 17.5 Å². The minimum absolute atomic E-state index is 0.0632. The average Bonchev–Trinajstić information content (AvgIpc) is 2.94. The molecular weight excluding hydrogens is 305 g/mol. The number of nitrogens with zero attached hydrogens (tertiary/aromatic N) is 1. The van der Waals surface area contributed by atoms with Crippen molar-refractivity contribution >= 4 is 21.6 Å². The largest absolute Gasteiger partial charge is 0.380 e. The summed E-state index contributed by atoms with van der Waals surface area (Å²) in [6.07, 6.45) is 0.665. The summed E-state index contributed by atoms with van der Waals surface area (Å²) in [6.45, 7) is 2.47. The highest BCUT2D eigenvalue weighted by molar-refractivity contribution is 7.89. The standard InChI is InChI=1S/C13H17ClFNO3S/c1-9-5-12(6-10(7-14)13(9)15)20(17,18)16(2)11-3-4-19-8-11/h5-6,11H,3-4,7-8H2,1-2H3. The van der Waals surface area contributed by atoms with Crippen molar-refractivity contribution in [2.75, 3.05) is 20.3 Å². The maximum atomic E-state index is 13.8. The quantitative estimate of drug-likeness (QED) is 0.799. The zero-order valence-corrected chi connectivity index (χ0v) is 13.0. The van der Waals surface area contributed by atoms with Crippen molar-refractivity contribution in [3.8, 4) is 0 Å². The van der Waals surface area contributed by atoms with Gasteiger partial charge in [-0.2, -0.15) is 4.31 Å². The van der Waals surface area contributed by atoms with E-state index in [1.807, 2.05) is 0 Å². The van der Waals surface area contributed by atoms with Crippen LogP contribution in [0.5, 0.6) is 0 Å². The number of halogens is 2. The molecule has 0 bridgehead atoms. The van der Waals surface area contributed by atoms with Crippen LogP contribution < -0.4 is 0 Å². The molecule has 112 valence electrons. The van der Waals surface area contributed by atoms with Gasteiger partial charge in [-0.25, -0.2) is 12.8 Å². The molecule has 0 saturated carbocycles. The lowest BCUT2D eigenvalue weighted by molar-refractivity contribution is 0.181. The third-order valence-electron chi connectivity index (χ3n) is 3.54. The Hall–Kier alpha value is -0.690. The Bertz CT molecular complexity index is 600. The van der Waals surface area contributed by atoms with E-state index in [0.29, 0.717) is 19.6 Å². The predicted molar refractivity (Wildman–Crippen MR) is 74.9 cm³/mol. The van der Waals surface area contributed by atoms with Gasteiger partial charge in [-0.05, 0) is 31.0 Å². The monoisotopic (exact) mass is 321 g/mol. The molecule has 0 N–H and O–H groups in total. The molecule has 1 aromatic carbocycles. The number of rotatable bonds is 4. The fourth-order valence-corrected chi connectivity index (χ4v) is 3.93. The third-order valence-corrected chi connectivity index (χ3v) is 5.72. The third kappa shape index (κ3) is 2.83. The number of sulfonamides is 1. The lowest BCUT2D eigenvalue weighted by Gasteiger charge is -2.23. The lowest BCUT2D eigenvalue weighted by Crippen LogP contribution is -2.37. The smallest absolute Gasteiger partial charge is 0.243 e. The molecule has 0 aliphatic carbocycles. The first-order chi connectivity index (χ1) is 9.37. The van der Waals surface area contributed by atoms with Gasteiger partial charge in [0.05, 0.1) is 23.4 Å². The Morgan fingerprint density at radius 2 is 2.20 bits per heavy atom. The van der Waals surface area contributed by atoms with Crippen molar-refractivity contribution in [3.05, 3.63) is 29.1 Å². The first-order valence-electron chi connectivity index (χ1n) is 6.28. The molecule has 1 aliphatic heterocycles. The summed E-state index contributed by atoms with van der Waals surface area (Å²) in [5.41, 5.74) is 0.471. The van der Waals surface area contributed by atoms with Gasteiger partial charge >= 0.3 is 0 Å². The van der Waals surface area contributed by atoms with Crippen molar-refractivity contribution in [3.63, 3.8) is 0 Å². The normalized spacial score (nSPS) is 19.8. The van der Waals surface area contributed by atoms with Crippen LogP contribution in [0.4, 0.5) is 4.39 Å². The van der Waals surface area contributed by atoms with Gasteiger partial charge in [0.25, 0.3) is 0 Å². The number of alkyl halides is 1. The topological polar surface area (TPSA) is 46.6 Å². The average molecular weight is 322 g/mol. The molecule has 0 radical (unpaired) electrons. The summed E-state index contributed by atoms with van der Waals surface area (Å²) in [5, 5.41) is 0. The molecule has 4 nitrogen and oxygen atoms in total. The minimum Gasteiger partial charge on any atom is -0.380 e. The molecular formula is C13H17ClFNO3S. The summed E-state index contributed by atoms with van der Waals surface area (Å²) in [6, 6.07) is 2.47. The van der Waals surface area contributed by atoms with E-state index < -0.39 is 15.8 Å². The maximum Gasteiger partial charge on any atom is 0.243 e. The van der Waals surface area contributed by atoms with E-state index in [9.17, 15) is 12.8 Å². The van der Waals surface area contributed by atoms with E-state index in [0.717, 1.165) is 0 Å². The van der Waals surface area contributed by atoms with Gasteiger partial charge in [0.2, 0.25) is 10.0 Å². The minimum atomic E-state index is -3.67. The first-order valence-corrected chi connectivity index (χ1v) is 8.26. The van der Waals surface area contributed by atoms with Crippen molar-refractivity contribution in [1.29, 1.82) is 0 Å². The summed E-state index contributed by atoms with van der Waals surface area (Å²) in [5.74, 6) is -0.516. The van der Waals surface area contributed by atoms with Crippen LogP contribution in [0.15, 0.2) is 17.0 Å². The van der Waals surface area contributed by atoms with Crippen LogP contribution in [0.2, 0.25) is 0 Å². The van der Waals surface area contributed by atoms with Crippen LogP contribution in [-0.4, -0.2) is 39.0 Å².